The molecule has 3 heterocycles. The van der Waals surface area contributed by atoms with Crippen LogP contribution in [0.1, 0.15) is 5.56 Å². The fourth-order valence-electron chi connectivity index (χ4n) is 4.00. The normalized spacial score (nSPS) is 14.5. The topological polar surface area (TPSA) is 52.9 Å². The van der Waals surface area contributed by atoms with Crippen molar-refractivity contribution in [1.82, 2.24) is 14.3 Å². The summed E-state index contributed by atoms with van der Waals surface area (Å²) in [5, 5.41) is 3.70. The maximum absolute atomic E-state index is 12.7. The zero-order chi connectivity index (χ0) is 20.7. The highest BCUT2D eigenvalue weighted by Crippen LogP contribution is 2.28. The number of para-hydroxylation sites is 1. The van der Waals surface area contributed by atoms with Crippen LogP contribution in [0.25, 0.3) is 16.6 Å². The van der Waals surface area contributed by atoms with E-state index in [4.69, 9.17) is 16.6 Å². The van der Waals surface area contributed by atoms with Gasteiger partial charge in [0.2, 0.25) is 0 Å². The van der Waals surface area contributed by atoms with Crippen molar-refractivity contribution in [2.24, 2.45) is 0 Å². The Morgan fingerprint density at radius 3 is 2.60 bits per heavy atom. The highest BCUT2D eigenvalue weighted by Gasteiger charge is 2.24. The van der Waals surface area contributed by atoms with Crippen LogP contribution in [0.4, 0.5) is 16.3 Å². The quantitative estimate of drug-likeness (QED) is 0.507. The largest absolute Gasteiger partial charge is 0.351 e. The zero-order valence-electron chi connectivity index (χ0n) is 16.7. The van der Waals surface area contributed by atoms with Crippen LogP contribution in [-0.4, -0.2) is 46.5 Å². The van der Waals surface area contributed by atoms with E-state index >= 15 is 0 Å². The summed E-state index contributed by atoms with van der Waals surface area (Å²) < 4.78 is 2.14. The number of aromatic nitrogens is 2. The number of fused-ring (bicyclic) bond motifs is 3. The third-order valence-corrected chi connectivity index (χ3v) is 5.89. The molecule has 2 aromatic carbocycles. The molecular weight excluding hydrogens is 398 g/mol. The molecule has 0 aliphatic carbocycles. The van der Waals surface area contributed by atoms with Gasteiger partial charge in [-0.25, -0.2) is 9.78 Å². The molecule has 152 valence electrons. The first kappa shape index (κ1) is 18.8. The first-order chi connectivity index (χ1) is 14.6. The third kappa shape index (κ3) is 3.33. The van der Waals surface area contributed by atoms with Crippen LogP contribution in [0.3, 0.4) is 0 Å². The molecule has 7 heteroatoms. The lowest BCUT2D eigenvalue weighted by atomic mass is 10.2. The van der Waals surface area contributed by atoms with Gasteiger partial charge < -0.3 is 19.5 Å². The van der Waals surface area contributed by atoms with E-state index in [0.717, 1.165) is 46.7 Å². The molecule has 1 aliphatic rings. The average Bonchev–Trinajstić information content (AvgIpc) is 3.25. The predicted molar refractivity (Wildman–Crippen MR) is 122 cm³/mol. The molecule has 1 N–H and O–H groups in total. The van der Waals surface area contributed by atoms with Gasteiger partial charge >= 0.3 is 6.03 Å². The molecule has 4 aromatic rings. The number of urea groups is 1. The van der Waals surface area contributed by atoms with Gasteiger partial charge in [0.15, 0.2) is 5.82 Å². The Balaban J connectivity index is 1.36. The number of rotatable bonds is 2. The van der Waals surface area contributed by atoms with Crippen molar-refractivity contribution < 1.29 is 4.79 Å². The number of anilines is 2. The van der Waals surface area contributed by atoms with E-state index in [1.54, 1.807) is 0 Å². The van der Waals surface area contributed by atoms with Gasteiger partial charge in [0.05, 0.1) is 16.6 Å². The highest BCUT2D eigenvalue weighted by molar-refractivity contribution is 6.31. The Morgan fingerprint density at radius 2 is 1.80 bits per heavy atom. The second-order valence-electron chi connectivity index (χ2n) is 7.55. The van der Waals surface area contributed by atoms with Gasteiger partial charge in [-0.15, -0.1) is 0 Å². The molecule has 2 aromatic heterocycles. The van der Waals surface area contributed by atoms with Crippen molar-refractivity contribution in [3.63, 3.8) is 0 Å². The van der Waals surface area contributed by atoms with Crippen LogP contribution in [-0.2, 0) is 0 Å². The lowest BCUT2D eigenvalue weighted by Gasteiger charge is -2.35. The number of benzene rings is 2. The van der Waals surface area contributed by atoms with E-state index in [1.165, 1.54) is 0 Å². The molecule has 0 bridgehead atoms. The maximum atomic E-state index is 12.7. The lowest BCUT2D eigenvalue weighted by Crippen LogP contribution is -2.50. The van der Waals surface area contributed by atoms with Crippen molar-refractivity contribution in [3.05, 3.63) is 71.4 Å². The Labute approximate surface area is 179 Å². The fraction of sp³-hybridized carbons (Fsp3) is 0.217. The number of aryl methyl sites for hydroxylation is 1. The number of hydrogen-bond acceptors (Lipinski definition) is 3. The molecule has 0 radical (unpaired) electrons. The molecular formula is C23H22ClN5O. The molecule has 2 amide bonds. The molecule has 5 rings (SSSR count). The zero-order valence-corrected chi connectivity index (χ0v) is 17.4. The predicted octanol–water partition coefficient (Wildman–Crippen LogP) is 4.80. The lowest BCUT2D eigenvalue weighted by molar-refractivity contribution is 0.208. The smallest absolute Gasteiger partial charge is 0.321 e. The van der Waals surface area contributed by atoms with Gasteiger partial charge in [-0.05, 0) is 48.9 Å². The van der Waals surface area contributed by atoms with E-state index in [9.17, 15) is 4.79 Å². The Bertz CT molecular complexity index is 1240. The molecule has 0 atom stereocenters. The van der Waals surface area contributed by atoms with Crippen molar-refractivity contribution >= 4 is 45.7 Å². The molecule has 30 heavy (non-hydrogen) atoms. The maximum Gasteiger partial charge on any atom is 0.321 e. The minimum absolute atomic E-state index is 0.0602. The van der Waals surface area contributed by atoms with E-state index in [2.05, 4.69) is 20.7 Å². The van der Waals surface area contributed by atoms with Crippen LogP contribution in [0, 0.1) is 6.92 Å². The standard InChI is InChI=1S/C23H22ClN5O/c1-16-5-2-3-6-18(16)26-23(30)28-13-11-27(12-14-28)22-21-7-4-10-29(21)20-9-8-17(24)15-19(20)25-22/h2-10,15H,11-14H2,1H3,(H,26,30). The second-order valence-corrected chi connectivity index (χ2v) is 7.99. The van der Waals surface area contributed by atoms with Crippen LogP contribution < -0.4 is 10.2 Å². The van der Waals surface area contributed by atoms with Crippen molar-refractivity contribution in [3.8, 4) is 0 Å². The third-order valence-electron chi connectivity index (χ3n) is 5.65. The van der Waals surface area contributed by atoms with Gasteiger partial charge in [-0.3, -0.25) is 0 Å². The molecule has 0 saturated carbocycles. The summed E-state index contributed by atoms with van der Waals surface area (Å²) in [6.07, 6.45) is 2.04. The van der Waals surface area contributed by atoms with Gasteiger partial charge in [-0.1, -0.05) is 29.8 Å². The second kappa shape index (κ2) is 7.54. The van der Waals surface area contributed by atoms with Gasteiger partial charge in [0.1, 0.15) is 0 Å². The molecule has 1 aliphatic heterocycles. The van der Waals surface area contributed by atoms with Gasteiger partial charge in [-0.2, -0.15) is 0 Å². The van der Waals surface area contributed by atoms with E-state index in [1.807, 2.05) is 66.6 Å². The first-order valence-corrected chi connectivity index (χ1v) is 10.4. The molecule has 0 unspecified atom stereocenters. The van der Waals surface area contributed by atoms with E-state index < -0.39 is 0 Å². The monoisotopic (exact) mass is 419 g/mol. The molecule has 1 fully saturated rings. The first-order valence-electron chi connectivity index (χ1n) is 10.0. The summed E-state index contributed by atoms with van der Waals surface area (Å²) >= 11 is 6.20. The number of piperazine rings is 1. The van der Waals surface area contributed by atoms with Gasteiger partial charge in [0, 0.05) is 43.1 Å². The average molecular weight is 420 g/mol. The number of nitrogens with one attached hydrogen (secondary N) is 1. The van der Waals surface area contributed by atoms with Crippen molar-refractivity contribution in [2.45, 2.75) is 6.92 Å². The minimum atomic E-state index is -0.0602. The summed E-state index contributed by atoms with van der Waals surface area (Å²) in [5.74, 6) is 0.925. The number of carbonyl (C=O) groups is 1. The van der Waals surface area contributed by atoms with Crippen molar-refractivity contribution in [2.75, 3.05) is 36.4 Å². The summed E-state index contributed by atoms with van der Waals surface area (Å²) in [4.78, 5) is 21.7. The Morgan fingerprint density at radius 1 is 1.00 bits per heavy atom. The number of halogens is 1. The van der Waals surface area contributed by atoms with Crippen molar-refractivity contribution in [1.29, 1.82) is 0 Å². The van der Waals surface area contributed by atoms with Crippen LogP contribution in [0.5, 0.6) is 0 Å². The highest BCUT2D eigenvalue weighted by atomic mass is 35.5. The van der Waals surface area contributed by atoms with Crippen LogP contribution in [0.2, 0.25) is 5.02 Å². The molecule has 0 spiro atoms. The minimum Gasteiger partial charge on any atom is -0.351 e. The van der Waals surface area contributed by atoms with E-state index in [-0.39, 0.29) is 6.03 Å². The molecule has 6 nitrogen and oxygen atoms in total. The van der Waals surface area contributed by atoms with Gasteiger partial charge in [0.25, 0.3) is 0 Å². The number of carbonyl (C=O) groups excluding carboxylic acids is 1. The summed E-state index contributed by atoms with van der Waals surface area (Å²) in [7, 11) is 0. The fourth-order valence-corrected chi connectivity index (χ4v) is 4.16. The number of hydrogen-bond donors (Lipinski definition) is 1. The summed E-state index contributed by atoms with van der Waals surface area (Å²) in [6, 6.07) is 17.6. The SMILES string of the molecule is Cc1ccccc1NC(=O)N1CCN(c2nc3cc(Cl)ccc3n3cccc23)CC1. The van der Waals surface area contributed by atoms with Crippen LogP contribution in [0.15, 0.2) is 60.8 Å². The van der Waals surface area contributed by atoms with Crippen LogP contribution >= 0.6 is 11.6 Å². The summed E-state index contributed by atoms with van der Waals surface area (Å²) in [5.41, 5.74) is 4.86. The molecule has 1 saturated heterocycles. The summed E-state index contributed by atoms with van der Waals surface area (Å²) in [6.45, 7) is 4.72. The Kier molecular flexibility index (Phi) is 4.71. The number of amides is 2. The Hall–Kier alpha value is -3.25. The number of nitrogens with zero attached hydrogens (tertiary/aromatic N) is 4. The van der Waals surface area contributed by atoms with E-state index in [0.29, 0.717) is 18.1 Å².